The van der Waals surface area contributed by atoms with E-state index < -0.39 is 29.3 Å². The molecular formula is C25H24N2O5S. The molecule has 0 aromatic heterocycles. The minimum atomic E-state index is -1.38. The van der Waals surface area contributed by atoms with Crippen molar-refractivity contribution in [2.24, 2.45) is 0 Å². The number of benzene rings is 3. The molecule has 0 aliphatic carbocycles. The van der Waals surface area contributed by atoms with Crippen molar-refractivity contribution in [3.8, 4) is 0 Å². The molecule has 2 amide bonds. The Balaban J connectivity index is 1.63. The molecule has 0 aliphatic rings. The monoisotopic (exact) mass is 464 g/mol. The third kappa shape index (κ3) is 6.36. The molecule has 0 fully saturated rings. The number of esters is 1. The first kappa shape index (κ1) is 23.9. The molecular weight excluding hydrogens is 440 g/mol. The first-order chi connectivity index (χ1) is 15.9. The molecule has 2 N–H and O–H groups in total. The van der Waals surface area contributed by atoms with E-state index in [4.69, 9.17) is 4.74 Å². The van der Waals surface area contributed by atoms with E-state index in [1.54, 1.807) is 42.5 Å². The third-order valence-electron chi connectivity index (χ3n) is 4.84. The first-order valence-corrected chi connectivity index (χ1v) is 11.8. The van der Waals surface area contributed by atoms with Crippen LogP contribution in [0, 0.1) is 0 Å². The highest BCUT2D eigenvalue weighted by molar-refractivity contribution is 7.84. The van der Waals surface area contributed by atoms with E-state index in [0.717, 1.165) is 5.56 Å². The van der Waals surface area contributed by atoms with Crippen LogP contribution in [0.25, 0.3) is 0 Å². The number of nitrogens with one attached hydrogen (secondary N) is 2. The predicted octanol–water partition coefficient (Wildman–Crippen LogP) is 3.71. The topological polar surface area (TPSA) is 102 Å². The van der Waals surface area contributed by atoms with E-state index in [1.807, 2.05) is 37.3 Å². The van der Waals surface area contributed by atoms with Gasteiger partial charge in [0.1, 0.15) is 0 Å². The van der Waals surface area contributed by atoms with Gasteiger partial charge < -0.3 is 15.4 Å². The van der Waals surface area contributed by atoms with Gasteiger partial charge in [-0.1, -0.05) is 54.6 Å². The zero-order valence-corrected chi connectivity index (χ0v) is 19.1. The van der Waals surface area contributed by atoms with Crippen LogP contribution < -0.4 is 10.6 Å². The van der Waals surface area contributed by atoms with Gasteiger partial charge in [0.15, 0.2) is 6.61 Å². The summed E-state index contributed by atoms with van der Waals surface area (Å²) in [4.78, 5) is 37.9. The second kappa shape index (κ2) is 11.2. The number of carbonyl (C=O) groups excluding carboxylic acids is 3. The lowest BCUT2D eigenvalue weighted by Gasteiger charge is -2.16. The molecule has 0 saturated heterocycles. The molecule has 8 heteroatoms. The molecule has 0 heterocycles. The molecule has 0 radical (unpaired) electrons. The van der Waals surface area contributed by atoms with Gasteiger partial charge in [-0.3, -0.25) is 13.8 Å². The molecule has 0 bridgehead atoms. The average Bonchev–Trinajstić information content (AvgIpc) is 2.83. The van der Waals surface area contributed by atoms with Gasteiger partial charge in [0.2, 0.25) is 0 Å². The maximum atomic E-state index is 12.8. The third-order valence-corrected chi connectivity index (χ3v) is 5.82. The van der Waals surface area contributed by atoms with Gasteiger partial charge in [-0.05, 0) is 36.8 Å². The highest BCUT2D eigenvalue weighted by Gasteiger charge is 2.18. The van der Waals surface area contributed by atoms with Gasteiger partial charge >= 0.3 is 5.97 Å². The second-order valence-corrected chi connectivity index (χ2v) is 8.57. The molecule has 33 heavy (non-hydrogen) atoms. The fourth-order valence-corrected chi connectivity index (χ4v) is 3.90. The number of hydrogen-bond donors (Lipinski definition) is 2. The van der Waals surface area contributed by atoms with Crippen LogP contribution >= 0.6 is 0 Å². The van der Waals surface area contributed by atoms with E-state index in [1.165, 1.54) is 12.3 Å². The number of carbonyl (C=O) groups is 3. The van der Waals surface area contributed by atoms with E-state index in [2.05, 4.69) is 10.6 Å². The van der Waals surface area contributed by atoms with Crippen molar-refractivity contribution in [2.45, 2.75) is 17.9 Å². The lowest BCUT2D eigenvalue weighted by atomic mass is 10.1. The smallest absolute Gasteiger partial charge is 0.339 e. The standard InChI is InChI=1S/C25H24N2O5S/c1-17(18-10-4-3-5-11-18)26-24(29)19-12-6-8-14-21(19)27-23(28)16-32-25(30)20-13-7-9-15-22(20)33(2)31/h3-15,17H,16H2,1-2H3,(H,26,29)(H,27,28)/t17-,33+/m0/s1. The quantitative estimate of drug-likeness (QED) is 0.495. The van der Waals surface area contributed by atoms with E-state index in [-0.39, 0.29) is 23.1 Å². The number of para-hydroxylation sites is 1. The number of rotatable bonds is 8. The summed E-state index contributed by atoms with van der Waals surface area (Å²) in [6.45, 7) is 1.31. The van der Waals surface area contributed by atoms with Crippen LogP contribution in [0.4, 0.5) is 5.69 Å². The van der Waals surface area contributed by atoms with Crippen LogP contribution in [0.5, 0.6) is 0 Å². The summed E-state index contributed by atoms with van der Waals surface area (Å²) >= 11 is 0. The van der Waals surface area contributed by atoms with E-state index in [9.17, 15) is 18.6 Å². The molecule has 3 aromatic carbocycles. The van der Waals surface area contributed by atoms with Gasteiger partial charge in [-0.15, -0.1) is 0 Å². The average molecular weight is 465 g/mol. The van der Waals surface area contributed by atoms with Gasteiger partial charge in [0, 0.05) is 6.26 Å². The van der Waals surface area contributed by atoms with Crippen LogP contribution in [0.2, 0.25) is 0 Å². The van der Waals surface area contributed by atoms with Crippen LogP contribution in [0.1, 0.15) is 39.2 Å². The fraction of sp³-hybridized carbons (Fsp3) is 0.160. The maximum Gasteiger partial charge on any atom is 0.339 e. The van der Waals surface area contributed by atoms with Gasteiger partial charge in [0.25, 0.3) is 11.8 Å². The lowest BCUT2D eigenvalue weighted by molar-refractivity contribution is -0.119. The lowest BCUT2D eigenvalue weighted by Crippen LogP contribution is -2.28. The summed E-state index contributed by atoms with van der Waals surface area (Å²) < 4.78 is 16.9. The van der Waals surface area contributed by atoms with Crippen molar-refractivity contribution in [1.82, 2.24) is 5.32 Å². The van der Waals surface area contributed by atoms with Gasteiger partial charge in [-0.25, -0.2) is 4.79 Å². The van der Waals surface area contributed by atoms with E-state index >= 15 is 0 Å². The van der Waals surface area contributed by atoms with Gasteiger partial charge in [-0.2, -0.15) is 0 Å². The highest BCUT2D eigenvalue weighted by atomic mass is 32.2. The summed E-state index contributed by atoms with van der Waals surface area (Å²) in [7, 11) is -1.38. The van der Waals surface area contributed by atoms with Crippen molar-refractivity contribution in [3.63, 3.8) is 0 Å². The first-order valence-electron chi connectivity index (χ1n) is 10.2. The maximum absolute atomic E-state index is 12.8. The molecule has 0 unspecified atom stereocenters. The van der Waals surface area contributed by atoms with Crippen LogP contribution in [0.3, 0.4) is 0 Å². The number of hydrogen-bond acceptors (Lipinski definition) is 5. The molecule has 0 aliphatic heterocycles. The SMILES string of the molecule is C[C@H](NC(=O)c1ccccc1NC(=O)COC(=O)c1ccccc1[S@@](C)=O)c1ccccc1. The Labute approximate surface area is 194 Å². The summed E-state index contributed by atoms with van der Waals surface area (Å²) in [5, 5.41) is 5.52. The van der Waals surface area contributed by atoms with Crippen LogP contribution in [0.15, 0.2) is 83.8 Å². The normalized spacial score (nSPS) is 12.3. The van der Waals surface area contributed by atoms with Crippen molar-refractivity contribution in [3.05, 3.63) is 95.6 Å². The van der Waals surface area contributed by atoms with Crippen LogP contribution in [-0.4, -0.2) is 34.9 Å². The predicted molar refractivity (Wildman–Crippen MR) is 126 cm³/mol. The Morgan fingerprint density at radius 2 is 1.48 bits per heavy atom. The Kier molecular flexibility index (Phi) is 8.10. The van der Waals surface area contributed by atoms with Crippen molar-refractivity contribution >= 4 is 34.3 Å². The molecule has 0 saturated carbocycles. The van der Waals surface area contributed by atoms with Crippen molar-refractivity contribution in [1.29, 1.82) is 0 Å². The summed E-state index contributed by atoms with van der Waals surface area (Å²) in [5.74, 6) is -1.70. The molecule has 170 valence electrons. The fourth-order valence-electron chi connectivity index (χ4n) is 3.17. The number of anilines is 1. The van der Waals surface area contributed by atoms with Crippen LogP contribution in [-0.2, 0) is 20.3 Å². The Morgan fingerprint density at radius 3 is 2.18 bits per heavy atom. The largest absolute Gasteiger partial charge is 0.452 e. The minimum Gasteiger partial charge on any atom is -0.452 e. The zero-order chi connectivity index (χ0) is 23.8. The summed E-state index contributed by atoms with van der Waals surface area (Å²) in [5.41, 5.74) is 1.67. The Morgan fingerprint density at radius 1 is 0.879 bits per heavy atom. The number of amides is 2. The summed E-state index contributed by atoms with van der Waals surface area (Å²) in [6.07, 6.45) is 1.46. The summed E-state index contributed by atoms with van der Waals surface area (Å²) in [6, 6.07) is 22.2. The molecule has 7 nitrogen and oxygen atoms in total. The minimum absolute atomic E-state index is 0.140. The number of ether oxygens (including phenoxy) is 1. The second-order valence-electron chi connectivity index (χ2n) is 7.23. The molecule has 3 rings (SSSR count). The van der Waals surface area contributed by atoms with Crippen molar-refractivity contribution in [2.75, 3.05) is 18.2 Å². The Hall–Kier alpha value is -3.78. The molecule has 0 spiro atoms. The van der Waals surface area contributed by atoms with Gasteiger partial charge in [0.05, 0.1) is 38.6 Å². The Bertz CT molecular complexity index is 1180. The highest BCUT2D eigenvalue weighted by Crippen LogP contribution is 2.18. The van der Waals surface area contributed by atoms with Crippen molar-refractivity contribution < 1.29 is 23.3 Å². The zero-order valence-electron chi connectivity index (χ0n) is 18.2. The van der Waals surface area contributed by atoms with E-state index in [0.29, 0.717) is 10.6 Å². The molecule has 3 aromatic rings. The molecule has 2 atom stereocenters.